The van der Waals surface area contributed by atoms with Gasteiger partial charge in [-0.15, -0.1) is 0 Å². The molecular formula is C14H18ClFN2O. The largest absolute Gasteiger partial charge is 0.349 e. The van der Waals surface area contributed by atoms with Gasteiger partial charge in [0.1, 0.15) is 11.0 Å². The average molecular weight is 285 g/mol. The number of carbonyl (C=O) groups excluding carboxylic acids is 1. The molecule has 1 aliphatic rings. The lowest BCUT2D eigenvalue weighted by Gasteiger charge is -2.33. The first-order valence-electron chi connectivity index (χ1n) is 6.59. The molecule has 5 heteroatoms. The van der Waals surface area contributed by atoms with E-state index in [1.807, 2.05) is 0 Å². The van der Waals surface area contributed by atoms with Crippen molar-refractivity contribution in [1.82, 2.24) is 10.3 Å². The van der Waals surface area contributed by atoms with Crippen LogP contribution in [-0.2, 0) is 0 Å². The lowest BCUT2D eigenvalue weighted by Crippen LogP contribution is -2.42. The van der Waals surface area contributed by atoms with E-state index >= 15 is 0 Å². The summed E-state index contributed by atoms with van der Waals surface area (Å²) in [7, 11) is 0. The Kier molecular flexibility index (Phi) is 4.40. The first-order chi connectivity index (χ1) is 8.97. The monoisotopic (exact) mass is 284 g/mol. The fourth-order valence-corrected chi connectivity index (χ4v) is 2.90. The van der Waals surface area contributed by atoms with Crippen LogP contribution in [0.3, 0.4) is 0 Å². The van der Waals surface area contributed by atoms with Crippen molar-refractivity contribution >= 4 is 17.5 Å². The minimum absolute atomic E-state index is 0.0377. The van der Waals surface area contributed by atoms with Crippen LogP contribution in [0, 0.1) is 17.7 Å². The van der Waals surface area contributed by atoms with Gasteiger partial charge in [-0.1, -0.05) is 25.4 Å². The second-order valence-electron chi connectivity index (χ2n) is 5.47. The number of hydrogen-bond donors (Lipinski definition) is 1. The van der Waals surface area contributed by atoms with E-state index in [4.69, 9.17) is 11.6 Å². The molecule has 0 saturated heterocycles. The van der Waals surface area contributed by atoms with Crippen LogP contribution in [0.15, 0.2) is 12.3 Å². The number of carbonyl (C=O) groups is 1. The van der Waals surface area contributed by atoms with Crippen molar-refractivity contribution in [3.63, 3.8) is 0 Å². The number of pyridine rings is 1. The van der Waals surface area contributed by atoms with E-state index in [9.17, 15) is 9.18 Å². The van der Waals surface area contributed by atoms with Gasteiger partial charge in [0, 0.05) is 6.04 Å². The van der Waals surface area contributed by atoms with Gasteiger partial charge in [-0.25, -0.2) is 9.37 Å². The number of hydrogen-bond acceptors (Lipinski definition) is 2. The Morgan fingerprint density at radius 2 is 2.21 bits per heavy atom. The van der Waals surface area contributed by atoms with Crippen LogP contribution in [0.1, 0.15) is 43.5 Å². The third-order valence-electron chi connectivity index (χ3n) is 3.80. The van der Waals surface area contributed by atoms with Crippen molar-refractivity contribution in [3.05, 3.63) is 28.8 Å². The Morgan fingerprint density at radius 3 is 2.89 bits per heavy atom. The number of rotatable bonds is 2. The van der Waals surface area contributed by atoms with Crippen LogP contribution in [0.5, 0.6) is 0 Å². The first-order valence-corrected chi connectivity index (χ1v) is 6.97. The number of halogens is 2. The maximum Gasteiger partial charge on any atom is 0.254 e. The van der Waals surface area contributed by atoms with E-state index < -0.39 is 5.82 Å². The zero-order valence-electron chi connectivity index (χ0n) is 11.1. The van der Waals surface area contributed by atoms with Crippen molar-refractivity contribution in [2.75, 3.05) is 0 Å². The molecular weight excluding hydrogens is 267 g/mol. The van der Waals surface area contributed by atoms with Crippen LogP contribution in [0.2, 0.25) is 5.15 Å². The Balaban J connectivity index is 2.06. The Labute approximate surface area is 117 Å². The lowest BCUT2D eigenvalue weighted by molar-refractivity contribution is 0.0899. The summed E-state index contributed by atoms with van der Waals surface area (Å²) in [6.45, 7) is 4.36. The Hall–Kier alpha value is -1.16. The van der Waals surface area contributed by atoms with Crippen LogP contribution < -0.4 is 5.32 Å². The van der Waals surface area contributed by atoms with Crippen LogP contribution in [-0.4, -0.2) is 16.9 Å². The zero-order chi connectivity index (χ0) is 14.0. The SMILES string of the molecule is CC1CCC(NC(=O)c2cc(F)cnc2Cl)C(C)C1. The standard InChI is InChI=1S/C14H18ClFN2O/c1-8-3-4-12(9(2)5-8)18-14(19)11-6-10(16)7-17-13(11)15/h6-9,12H,3-5H2,1-2H3,(H,18,19). The molecule has 3 unspecified atom stereocenters. The smallest absolute Gasteiger partial charge is 0.254 e. The van der Waals surface area contributed by atoms with E-state index in [0.29, 0.717) is 11.8 Å². The minimum atomic E-state index is -0.556. The molecule has 1 heterocycles. The molecule has 0 bridgehead atoms. The van der Waals surface area contributed by atoms with Gasteiger partial charge >= 0.3 is 0 Å². The summed E-state index contributed by atoms with van der Waals surface area (Å²) in [6.07, 6.45) is 4.16. The van der Waals surface area contributed by atoms with E-state index in [0.717, 1.165) is 31.5 Å². The van der Waals surface area contributed by atoms with Crippen molar-refractivity contribution in [1.29, 1.82) is 0 Å². The van der Waals surface area contributed by atoms with Crippen LogP contribution in [0.4, 0.5) is 4.39 Å². The van der Waals surface area contributed by atoms with Crippen molar-refractivity contribution in [2.45, 2.75) is 39.2 Å². The average Bonchev–Trinajstić information content (AvgIpc) is 2.35. The minimum Gasteiger partial charge on any atom is -0.349 e. The molecule has 3 nitrogen and oxygen atoms in total. The summed E-state index contributed by atoms with van der Waals surface area (Å²) in [5.74, 6) is 0.221. The van der Waals surface area contributed by atoms with Gasteiger partial charge in [-0.05, 0) is 37.2 Å². The lowest BCUT2D eigenvalue weighted by atomic mass is 9.80. The molecule has 1 aliphatic carbocycles. The van der Waals surface area contributed by atoms with Gasteiger partial charge in [-0.2, -0.15) is 0 Å². The Morgan fingerprint density at radius 1 is 1.47 bits per heavy atom. The Bertz CT molecular complexity index is 481. The number of aromatic nitrogens is 1. The number of nitrogens with one attached hydrogen (secondary N) is 1. The van der Waals surface area contributed by atoms with Gasteiger partial charge in [-0.3, -0.25) is 4.79 Å². The summed E-state index contributed by atoms with van der Waals surface area (Å²) in [5.41, 5.74) is 0.104. The highest BCUT2D eigenvalue weighted by Gasteiger charge is 2.27. The molecule has 0 aromatic carbocycles. The predicted molar refractivity (Wildman–Crippen MR) is 72.6 cm³/mol. The summed E-state index contributed by atoms with van der Waals surface area (Å²) in [5, 5.41) is 2.98. The second-order valence-corrected chi connectivity index (χ2v) is 5.83. The van der Waals surface area contributed by atoms with E-state index in [1.54, 1.807) is 0 Å². The molecule has 19 heavy (non-hydrogen) atoms. The van der Waals surface area contributed by atoms with Crippen molar-refractivity contribution < 1.29 is 9.18 Å². The molecule has 0 spiro atoms. The van der Waals surface area contributed by atoms with Gasteiger partial charge < -0.3 is 5.32 Å². The summed E-state index contributed by atoms with van der Waals surface area (Å²) >= 11 is 5.83. The summed E-state index contributed by atoms with van der Waals surface area (Å²) in [6, 6.07) is 1.25. The molecule has 104 valence electrons. The van der Waals surface area contributed by atoms with E-state index in [1.165, 1.54) is 0 Å². The maximum atomic E-state index is 13.1. The molecule has 1 aromatic rings. The van der Waals surface area contributed by atoms with Crippen molar-refractivity contribution in [2.24, 2.45) is 11.8 Å². The third-order valence-corrected chi connectivity index (χ3v) is 4.10. The zero-order valence-corrected chi connectivity index (χ0v) is 11.9. The van der Waals surface area contributed by atoms with Crippen molar-refractivity contribution in [3.8, 4) is 0 Å². The van der Waals surface area contributed by atoms with Gasteiger partial charge in [0.15, 0.2) is 0 Å². The molecule has 3 atom stereocenters. The number of nitrogens with zero attached hydrogens (tertiary/aromatic N) is 1. The predicted octanol–water partition coefficient (Wildman–Crippen LogP) is 3.43. The fraction of sp³-hybridized carbons (Fsp3) is 0.571. The number of amides is 1. The van der Waals surface area contributed by atoms with Crippen LogP contribution >= 0.6 is 11.6 Å². The third kappa shape index (κ3) is 3.44. The molecule has 1 N–H and O–H groups in total. The highest BCUT2D eigenvalue weighted by atomic mass is 35.5. The van der Waals surface area contributed by atoms with Crippen LogP contribution in [0.25, 0.3) is 0 Å². The molecule has 2 rings (SSSR count). The topological polar surface area (TPSA) is 42.0 Å². The highest BCUT2D eigenvalue weighted by molar-refractivity contribution is 6.32. The molecule has 1 fully saturated rings. The van der Waals surface area contributed by atoms with E-state index in [2.05, 4.69) is 24.1 Å². The molecule has 1 saturated carbocycles. The van der Waals surface area contributed by atoms with Gasteiger partial charge in [0.25, 0.3) is 5.91 Å². The molecule has 1 amide bonds. The fourth-order valence-electron chi connectivity index (χ4n) is 2.71. The first kappa shape index (κ1) is 14.3. The maximum absolute atomic E-state index is 13.1. The quantitative estimate of drug-likeness (QED) is 0.846. The second kappa shape index (κ2) is 5.87. The molecule has 0 aliphatic heterocycles. The summed E-state index contributed by atoms with van der Waals surface area (Å²) < 4.78 is 13.1. The highest BCUT2D eigenvalue weighted by Crippen LogP contribution is 2.29. The van der Waals surface area contributed by atoms with Gasteiger partial charge in [0.2, 0.25) is 0 Å². The molecule has 1 aromatic heterocycles. The van der Waals surface area contributed by atoms with Gasteiger partial charge in [0.05, 0.1) is 11.8 Å². The van der Waals surface area contributed by atoms with E-state index in [-0.39, 0.29) is 22.7 Å². The molecule has 0 radical (unpaired) electrons. The summed E-state index contributed by atoms with van der Waals surface area (Å²) in [4.78, 5) is 15.8. The normalized spacial score (nSPS) is 27.1.